The van der Waals surface area contributed by atoms with Crippen LogP contribution in [0.25, 0.3) is 10.9 Å². The van der Waals surface area contributed by atoms with Crippen molar-refractivity contribution in [3.8, 4) is 0 Å². The van der Waals surface area contributed by atoms with Crippen molar-refractivity contribution in [2.45, 2.75) is 20.4 Å². The Morgan fingerprint density at radius 1 is 1.18 bits per heavy atom. The maximum absolute atomic E-state index is 12.4. The van der Waals surface area contributed by atoms with E-state index in [2.05, 4.69) is 16.4 Å². The van der Waals surface area contributed by atoms with Gasteiger partial charge in [0.15, 0.2) is 0 Å². The Hall–Kier alpha value is -2.26. The lowest BCUT2D eigenvalue weighted by atomic mass is 10.1. The summed E-state index contributed by atoms with van der Waals surface area (Å²) in [5, 5.41) is 4.63. The summed E-state index contributed by atoms with van der Waals surface area (Å²) in [5.41, 5.74) is 4.68. The lowest BCUT2D eigenvalue weighted by Gasteiger charge is -2.05. The molecule has 2 N–H and O–H groups in total. The molecule has 1 amide bonds. The second-order valence-electron chi connectivity index (χ2n) is 5.49. The fourth-order valence-corrected chi connectivity index (χ4v) is 2.80. The lowest BCUT2D eigenvalue weighted by Crippen LogP contribution is -2.23. The zero-order valence-corrected chi connectivity index (χ0v) is 13.3. The number of aryl methyl sites for hydroxylation is 2. The molecule has 3 aromatic rings. The van der Waals surface area contributed by atoms with E-state index in [1.165, 1.54) is 5.56 Å². The van der Waals surface area contributed by atoms with Crippen molar-refractivity contribution in [2.24, 2.45) is 0 Å². The van der Waals surface area contributed by atoms with Gasteiger partial charge in [0.05, 0.1) is 0 Å². The van der Waals surface area contributed by atoms with Gasteiger partial charge in [-0.1, -0.05) is 47.5 Å². The molecule has 0 atom stereocenters. The van der Waals surface area contributed by atoms with E-state index in [1.54, 1.807) is 0 Å². The number of carbonyl (C=O) groups is 1. The topological polar surface area (TPSA) is 44.9 Å². The van der Waals surface area contributed by atoms with Crippen LogP contribution in [0.15, 0.2) is 42.5 Å². The first-order valence-corrected chi connectivity index (χ1v) is 7.54. The molecule has 0 saturated heterocycles. The van der Waals surface area contributed by atoms with Gasteiger partial charge in [-0.2, -0.15) is 0 Å². The average Bonchev–Trinajstić information content (AvgIpc) is 2.81. The summed E-state index contributed by atoms with van der Waals surface area (Å²) in [6.45, 7) is 4.49. The molecule has 1 aromatic heterocycles. The molecule has 112 valence electrons. The van der Waals surface area contributed by atoms with E-state index in [1.807, 2.05) is 50.2 Å². The molecule has 1 heterocycles. The molecule has 0 aliphatic carbocycles. The van der Waals surface area contributed by atoms with Crippen LogP contribution in [0.5, 0.6) is 0 Å². The lowest BCUT2D eigenvalue weighted by molar-refractivity contribution is 0.0946. The van der Waals surface area contributed by atoms with Gasteiger partial charge in [-0.3, -0.25) is 4.79 Å². The number of fused-ring (bicyclic) bond motifs is 1. The fourth-order valence-electron chi connectivity index (χ4n) is 2.63. The van der Waals surface area contributed by atoms with Crippen molar-refractivity contribution in [1.29, 1.82) is 0 Å². The number of hydrogen-bond acceptors (Lipinski definition) is 1. The van der Waals surface area contributed by atoms with Crippen molar-refractivity contribution >= 4 is 28.4 Å². The highest BCUT2D eigenvalue weighted by Gasteiger charge is 2.14. The van der Waals surface area contributed by atoms with Crippen LogP contribution in [0.3, 0.4) is 0 Å². The third kappa shape index (κ3) is 2.85. The van der Waals surface area contributed by atoms with Crippen LogP contribution in [0.1, 0.15) is 27.2 Å². The molecule has 0 bridgehead atoms. The van der Waals surface area contributed by atoms with Gasteiger partial charge in [0.25, 0.3) is 5.91 Å². The summed E-state index contributed by atoms with van der Waals surface area (Å²) in [7, 11) is 0. The van der Waals surface area contributed by atoms with Gasteiger partial charge in [0.2, 0.25) is 0 Å². The molecule has 0 unspecified atom stereocenters. The van der Waals surface area contributed by atoms with Crippen molar-refractivity contribution in [2.75, 3.05) is 0 Å². The van der Waals surface area contributed by atoms with Gasteiger partial charge in [-0.15, -0.1) is 0 Å². The quantitative estimate of drug-likeness (QED) is 0.741. The van der Waals surface area contributed by atoms with Gasteiger partial charge < -0.3 is 10.3 Å². The highest BCUT2D eigenvalue weighted by molar-refractivity contribution is 6.31. The second-order valence-corrected chi connectivity index (χ2v) is 5.92. The highest BCUT2D eigenvalue weighted by atomic mass is 35.5. The molecule has 4 heteroatoms. The first-order chi connectivity index (χ1) is 10.5. The van der Waals surface area contributed by atoms with Gasteiger partial charge in [-0.25, -0.2) is 0 Å². The summed E-state index contributed by atoms with van der Waals surface area (Å²) < 4.78 is 0. The highest BCUT2D eigenvalue weighted by Crippen LogP contribution is 2.24. The Kier molecular flexibility index (Phi) is 3.90. The number of benzene rings is 2. The van der Waals surface area contributed by atoms with E-state index < -0.39 is 0 Å². The molecule has 22 heavy (non-hydrogen) atoms. The van der Waals surface area contributed by atoms with E-state index in [-0.39, 0.29) is 5.91 Å². The summed E-state index contributed by atoms with van der Waals surface area (Å²) in [5.74, 6) is -0.105. The third-order valence-electron chi connectivity index (χ3n) is 3.78. The molecule has 0 radical (unpaired) electrons. The summed E-state index contributed by atoms with van der Waals surface area (Å²) >= 11 is 6.00. The first kappa shape index (κ1) is 14.7. The predicted molar refractivity (Wildman–Crippen MR) is 90.4 cm³/mol. The number of aromatic amines is 1. The number of halogens is 1. The van der Waals surface area contributed by atoms with Crippen LogP contribution < -0.4 is 5.32 Å². The smallest absolute Gasteiger partial charge is 0.268 e. The predicted octanol–water partition coefficient (Wildman–Crippen LogP) is 4.37. The standard InChI is InChI=1S/C18H17ClN2O/c1-11-4-3-5-13(8-11)10-20-18(22)17-12(2)15-7-6-14(19)9-16(15)21-17/h3-9,21H,10H2,1-2H3,(H,20,22). The van der Waals surface area contributed by atoms with Gasteiger partial charge in [-0.05, 0) is 37.1 Å². The number of rotatable bonds is 3. The zero-order chi connectivity index (χ0) is 15.7. The van der Waals surface area contributed by atoms with Crippen LogP contribution >= 0.6 is 11.6 Å². The van der Waals surface area contributed by atoms with E-state index in [0.717, 1.165) is 22.0 Å². The monoisotopic (exact) mass is 312 g/mol. The van der Waals surface area contributed by atoms with Gasteiger partial charge >= 0.3 is 0 Å². The van der Waals surface area contributed by atoms with Crippen LogP contribution in [0.2, 0.25) is 5.02 Å². The Labute approximate surface area is 134 Å². The second kappa shape index (κ2) is 5.85. The molecule has 2 aromatic carbocycles. The van der Waals surface area contributed by atoms with Crippen LogP contribution in [0.4, 0.5) is 0 Å². The normalized spacial score (nSPS) is 10.9. The number of carbonyl (C=O) groups excluding carboxylic acids is 1. The van der Waals surface area contributed by atoms with Crippen molar-refractivity contribution in [3.05, 3.63) is 69.9 Å². The number of aromatic nitrogens is 1. The molecule has 0 saturated carbocycles. The summed E-state index contributed by atoms with van der Waals surface area (Å²) in [4.78, 5) is 15.6. The van der Waals surface area contributed by atoms with E-state index in [0.29, 0.717) is 17.3 Å². The molecular formula is C18H17ClN2O. The summed E-state index contributed by atoms with van der Waals surface area (Å²) in [6, 6.07) is 13.7. The van der Waals surface area contributed by atoms with Crippen LogP contribution in [0, 0.1) is 13.8 Å². The minimum Gasteiger partial charge on any atom is -0.350 e. The number of H-pyrrole nitrogens is 1. The number of hydrogen-bond donors (Lipinski definition) is 2. The van der Waals surface area contributed by atoms with Crippen molar-refractivity contribution in [3.63, 3.8) is 0 Å². The maximum atomic E-state index is 12.4. The molecule has 0 aliphatic rings. The molecule has 0 aliphatic heterocycles. The SMILES string of the molecule is Cc1cccc(CNC(=O)c2[nH]c3cc(Cl)ccc3c2C)c1. The third-order valence-corrected chi connectivity index (χ3v) is 4.02. The average molecular weight is 313 g/mol. The van der Waals surface area contributed by atoms with Crippen molar-refractivity contribution < 1.29 is 4.79 Å². The number of amides is 1. The largest absolute Gasteiger partial charge is 0.350 e. The zero-order valence-electron chi connectivity index (χ0n) is 12.5. The van der Waals surface area contributed by atoms with E-state index in [9.17, 15) is 4.79 Å². The first-order valence-electron chi connectivity index (χ1n) is 7.16. The fraction of sp³-hybridized carbons (Fsp3) is 0.167. The minimum absolute atomic E-state index is 0.105. The summed E-state index contributed by atoms with van der Waals surface area (Å²) in [6.07, 6.45) is 0. The van der Waals surface area contributed by atoms with Crippen molar-refractivity contribution in [1.82, 2.24) is 10.3 Å². The Morgan fingerprint density at radius 2 is 2.00 bits per heavy atom. The molecule has 0 fully saturated rings. The Morgan fingerprint density at radius 3 is 2.77 bits per heavy atom. The minimum atomic E-state index is -0.105. The molecule has 3 nitrogen and oxygen atoms in total. The molecular weight excluding hydrogens is 296 g/mol. The Bertz CT molecular complexity index is 851. The molecule has 0 spiro atoms. The Balaban J connectivity index is 1.81. The van der Waals surface area contributed by atoms with Gasteiger partial charge in [0, 0.05) is 22.5 Å². The van der Waals surface area contributed by atoms with Crippen LogP contribution in [-0.4, -0.2) is 10.9 Å². The molecule has 3 rings (SSSR count). The maximum Gasteiger partial charge on any atom is 0.268 e. The van der Waals surface area contributed by atoms with E-state index in [4.69, 9.17) is 11.6 Å². The number of nitrogens with one attached hydrogen (secondary N) is 2. The van der Waals surface area contributed by atoms with Gasteiger partial charge in [0.1, 0.15) is 5.69 Å². The van der Waals surface area contributed by atoms with E-state index >= 15 is 0 Å². The van der Waals surface area contributed by atoms with Crippen LogP contribution in [-0.2, 0) is 6.54 Å².